The van der Waals surface area contributed by atoms with Crippen molar-refractivity contribution in [3.05, 3.63) is 47.5 Å². The number of amides is 1. The number of rotatable bonds is 5. The van der Waals surface area contributed by atoms with E-state index in [1.54, 1.807) is 4.68 Å². The lowest BCUT2D eigenvalue weighted by molar-refractivity contribution is 0.0661. The van der Waals surface area contributed by atoms with Gasteiger partial charge in [0.25, 0.3) is 5.91 Å². The molecule has 0 aliphatic carbocycles. The second-order valence-electron chi connectivity index (χ2n) is 7.53. The third kappa shape index (κ3) is 4.47. The first-order valence-corrected chi connectivity index (χ1v) is 9.25. The van der Waals surface area contributed by atoms with E-state index >= 15 is 0 Å². The fourth-order valence-corrected chi connectivity index (χ4v) is 3.64. The van der Waals surface area contributed by atoms with Crippen LogP contribution < -0.4 is 0 Å². The maximum Gasteiger partial charge on any atom is 0.272 e. The van der Waals surface area contributed by atoms with Crippen LogP contribution in [0.15, 0.2) is 30.5 Å². The average molecular weight is 340 g/mol. The van der Waals surface area contributed by atoms with E-state index in [2.05, 4.69) is 30.0 Å². The predicted molar refractivity (Wildman–Crippen MR) is 98.3 cm³/mol. The van der Waals surface area contributed by atoms with Crippen LogP contribution in [0.5, 0.6) is 0 Å². The number of hydrogen-bond acceptors (Lipinski definition) is 3. The van der Waals surface area contributed by atoms with Gasteiger partial charge >= 0.3 is 0 Å². The molecular formula is C20H28N4O. The Morgan fingerprint density at radius 2 is 2.16 bits per heavy atom. The number of aromatic nitrogens is 3. The van der Waals surface area contributed by atoms with Crippen LogP contribution in [0.3, 0.4) is 0 Å². The highest BCUT2D eigenvalue weighted by Crippen LogP contribution is 2.22. The highest BCUT2D eigenvalue weighted by atomic mass is 16.2. The quantitative estimate of drug-likeness (QED) is 0.840. The van der Waals surface area contributed by atoms with Crippen molar-refractivity contribution in [1.29, 1.82) is 0 Å². The van der Waals surface area contributed by atoms with E-state index in [1.165, 1.54) is 0 Å². The molecule has 2 aromatic rings. The molecule has 0 N–H and O–H groups in total. The summed E-state index contributed by atoms with van der Waals surface area (Å²) in [5, 5.41) is 4.51. The Kier molecular flexibility index (Phi) is 5.51. The van der Waals surface area contributed by atoms with Gasteiger partial charge in [0.2, 0.25) is 0 Å². The maximum absolute atomic E-state index is 13.0. The maximum atomic E-state index is 13.0. The topological polar surface area (TPSA) is 51.0 Å². The molecule has 1 atom stereocenters. The normalized spacial score (nSPS) is 17.9. The van der Waals surface area contributed by atoms with Crippen LogP contribution in [0.2, 0.25) is 0 Å². The molecule has 3 rings (SSSR count). The molecular weight excluding hydrogens is 312 g/mol. The lowest BCUT2D eigenvalue weighted by Gasteiger charge is -2.32. The minimum absolute atomic E-state index is 0.107. The van der Waals surface area contributed by atoms with Crippen LogP contribution in [0.1, 0.15) is 48.6 Å². The number of carbonyl (C=O) groups is 1. The van der Waals surface area contributed by atoms with E-state index in [9.17, 15) is 4.79 Å². The van der Waals surface area contributed by atoms with Gasteiger partial charge in [-0.05, 0) is 55.7 Å². The molecule has 5 heteroatoms. The summed E-state index contributed by atoms with van der Waals surface area (Å²) in [6, 6.07) is 8.00. The van der Waals surface area contributed by atoms with Crippen molar-refractivity contribution in [1.82, 2.24) is 19.7 Å². The Hall–Kier alpha value is -2.17. The van der Waals surface area contributed by atoms with Gasteiger partial charge in [-0.2, -0.15) is 5.10 Å². The number of aryl methyl sites for hydroxylation is 1. The monoisotopic (exact) mass is 340 g/mol. The number of nitrogens with zero attached hydrogens (tertiary/aromatic N) is 4. The Morgan fingerprint density at radius 3 is 2.88 bits per heavy atom. The zero-order valence-corrected chi connectivity index (χ0v) is 15.5. The number of likely N-dealkylation sites (tertiary alicyclic amines) is 1. The molecule has 3 heterocycles. The third-order valence-electron chi connectivity index (χ3n) is 4.80. The molecule has 1 aliphatic heterocycles. The van der Waals surface area contributed by atoms with Crippen LogP contribution in [0.4, 0.5) is 0 Å². The Labute approximate surface area is 150 Å². The SMILES string of the molecule is CC(C)Cc1cc(C(=O)N2CCCC(Cc3ccccn3)C2)n(C)n1. The van der Waals surface area contributed by atoms with Crippen molar-refractivity contribution < 1.29 is 4.79 Å². The molecule has 25 heavy (non-hydrogen) atoms. The van der Waals surface area contributed by atoms with Crippen molar-refractivity contribution in [3.63, 3.8) is 0 Å². The second kappa shape index (κ2) is 7.81. The molecule has 0 aromatic carbocycles. The van der Waals surface area contributed by atoms with Crippen molar-refractivity contribution in [2.75, 3.05) is 13.1 Å². The average Bonchev–Trinajstić information content (AvgIpc) is 2.95. The fourth-order valence-electron chi connectivity index (χ4n) is 3.64. The molecule has 2 aromatic heterocycles. The summed E-state index contributed by atoms with van der Waals surface area (Å²) in [5.41, 5.74) is 2.82. The Balaban J connectivity index is 1.66. The summed E-state index contributed by atoms with van der Waals surface area (Å²) in [7, 11) is 1.87. The van der Waals surface area contributed by atoms with Crippen molar-refractivity contribution in [2.45, 2.75) is 39.5 Å². The fraction of sp³-hybridized carbons (Fsp3) is 0.550. The second-order valence-corrected chi connectivity index (χ2v) is 7.53. The van der Waals surface area contributed by atoms with E-state index in [0.29, 0.717) is 17.5 Å². The molecule has 0 spiro atoms. The zero-order chi connectivity index (χ0) is 17.8. The standard InChI is InChI=1S/C20H28N4O/c1-15(2)11-18-13-19(23(3)22-18)20(25)24-10-6-7-16(14-24)12-17-8-4-5-9-21-17/h4-5,8-9,13,15-16H,6-7,10-12,14H2,1-3H3. The van der Waals surface area contributed by atoms with Crippen molar-refractivity contribution >= 4 is 5.91 Å². The van der Waals surface area contributed by atoms with Crippen LogP contribution in [-0.2, 0) is 19.9 Å². The van der Waals surface area contributed by atoms with Gasteiger partial charge in [0.05, 0.1) is 5.69 Å². The van der Waals surface area contributed by atoms with Gasteiger partial charge < -0.3 is 4.90 Å². The summed E-state index contributed by atoms with van der Waals surface area (Å²) in [5.74, 6) is 1.13. The summed E-state index contributed by atoms with van der Waals surface area (Å²) in [4.78, 5) is 19.4. The Morgan fingerprint density at radius 1 is 1.32 bits per heavy atom. The smallest absolute Gasteiger partial charge is 0.272 e. The van der Waals surface area contributed by atoms with E-state index in [1.807, 2.05) is 36.3 Å². The van der Waals surface area contributed by atoms with Crippen LogP contribution in [0, 0.1) is 11.8 Å². The number of carbonyl (C=O) groups excluding carboxylic acids is 1. The number of pyridine rings is 1. The van der Waals surface area contributed by atoms with Gasteiger partial charge in [0.15, 0.2) is 0 Å². The van der Waals surface area contributed by atoms with E-state index in [0.717, 1.165) is 50.2 Å². The third-order valence-corrected chi connectivity index (χ3v) is 4.80. The minimum atomic E-state index is 0.107. The molecule has 0 radical (unpaired) electrons. The lowest BCUT2D eigenvalue weighted by Crippen LogP contribution is -2.41. The molecule has 0 saturated carbocycles. The van der Waals surface area contributed by atoms with Gasteiger partial charge in [-0.25, -0.2) is 0 Å². The van der Waals surface area contributed by atoms with Crippen molar-refractivity contribution in [3.8, 4) is 0 Å². The molecule has 1 aliphatic rings. The highest BCUT2D eigenvalue weighted by molar-refractivity contribution is 5.92. The minimum Gasteiger partial charge on any atom is -0.337 e. The predicted octanol–water partition coefficient (Wildman–Crippen LogP) is 3.11. The number of piperidine rings is 1. The molecule has 5 nitrogen and oxygen atoms in total. The molecule has 0 bridgehead atoms. The van der Waals surface area contributed by atoms with Crippen LogP contribution in [0.25, 0.3) is 0 Å². The van der Waals surface area contributed by atoms with Gasteiger partial charge in [-0.3, -0.25) is 14.5 Å². The molecule has 134 valence electrons. The molecule has 1 fully saturated rings. The lowest BCUT2D eigenvalue weighted by atomic mass is 9.93. The van der Waals surface area contributed by atoms with Crippen LogP contribution >= 0.6 is 0 Å². The van der Waals surface area contributed by atoms with Gasteiger partial charge in [0.1, 0.15) is 5.69 Å². The summed E-state index contributed by atoms with van der Waals surface area (Å²) < 4.78 is 1.74. The molecule has 1 saturated heterocycles. The first-order chi connectivity index (χ1) is 12.0. The number of hydrogen-bond donors (Lipinski definition) is 0. The van der Waals surface area contributed by atoms with Gasteiger partial charge in [-0.15, -0.1) is 0 Å². The molecule has 1 unspecified atom stereocenters. The summed E-state index contributed by atoms with van der Waals surface area (Å²) >= 11 is 0. The first-order valence-electron chi connectivity index (χ1n) is 9.25. The van der Waals surface area contributed by atoms with Gasteiger partial charge in [0, 0.05) is 32.0 Å². The van der Waals surface area contributed by atoms with Crippen LogP contribution in [-0.4, -0.2) is 38.7 Å². The van der Waals surface area contributed by atoms with Crippen molar-refractivity contribution in [2.24, 2.45) is 18.9 Å². The highest BCUT2D eigenvalue weighted by Gasteiger charge is 2.27. The molecule has 1 amide bonds. The van der Waals surface area contributed by atoms with E-state index < -0.39 is 0 Å². The first kappa shape index (κ1) is 17.6. The van der Waals surface area contributed by atoms with E-state index in [-0.39, 0.29) is 5.91 Å². The summed E-state index contributed by atoms with van der Waals surface area (Å²) in [6.07, 6.45) is 5.90. The Bertz CT molecular complexity index is 708. The zero-order valence-electron chi connectivity index (χ0n) is 15.5. The van der Waals surface area contributed by atoms with E-state index in [4.69, 9.17) is 0 Å². The summed E-state index contributed by atoms with van der Waals surface area (Å²) in [6.45, 7) is 5.98. The largest absolute Gasteiger partial charge is 0.337 e. The van der Waals surface area contributed by atoms with Gasteiger partial charge in [-0.1, -0.05) is 19.9 Å².